The van der Waals surface area contributed by atoms with Crippen molar-refractivity contribution in [2.45, 2.75) is 60.8 Å². The maximum absolute atomic E-state index is 2.33. The van der Waals surface area contributed by atoms with Crippen LogP contribution in [-0.4, -0.2) is 0 Å². The van der Waals surface area contributed by atoms with Crippen LogP contribution in [0.3, 0.4) is 0 Å². The fourth-order valence-corrected chi connectivity index (χ4v) is 3.29. The summed E-state index contributed by atoms with van der Waals surface area (Å²) < 4.78 is 0. The van der Waals surface area contributed by atoms with E-state index in [0.717, 1.165) is 0 Å². The molecule has 112 valence electrons. The lowest BCUT2D eigenvalue weighted by Gasteiger charge is -2.19. The Hall–Kier alpha value is -1.56. The second kappa shape index (κ2) is 6.47. The summed E-state index contributed by atoms with van der Waals surface area (Å²) in [6, 6.07) is 9.13. The van der Waals surface area contributed by atoms with Crippen molar-refractivity contribution in [3.05, 3.63) is 57.6 Å². The zero-order valence-corrected chi connectivity index (χ0v) is 14.4. The Morgan fingerprint density at radius 3 is 2.19 bits per heavy atom. The molecule has 0 bridgehead atoms. The molecule has 2 aromatic carbocycles. The van der Waals surface area contributed by atoms with Crippen molar-refractivity contribution in [2.24, 2.45) is 0 Å². The van der Waals surface area contributed by atoms with E-state index in [9.17, 15) is 0 Å². The molecule has 0 aliphatic carbocycles. The molecule has 0 heterocycles. The van der Waals surface area contributed by atoms with Crippen LogP contribution >= 0.6 is 0 Å². The lowest BCUT2D eigenvalue weighted by molar-refractivity contribution is 0.791. The molecule has 0 atom stereocenters. The minimum absolute atomic E-state index is 1.19. The first-order valence-electron chi connectivity index (χ1n) is 8.13. The lowest BCUT2D eigenvalue weighted by Crippen LogP contribution is -1.99. The Kier molecular flexibility index (Phi) is 4.88. The van der Waals surface area contributed by atoms with E-state index < -0.39 is 0 Å². The fraction of sp³-hybridized carbons (Fsp3) is 0.429. The second-order valence-electron chi connectivity index (χ2n) is 6.33. The Labute approximate surface area is 130 Å². The highest BCUT2D eigenvalue weighted by Crippen LogP contribution is 2.34. The van der Waals surface area contributed by atoms with Crippen LogP contribution in [0, 0.1) is 34.6 Å². The predicted octanol–water partition coefficient (Wildman–Crippen LogP) is 6.24. The Morgan fingerprint density at radius 2 is 1.52 bits per heavy atom. The maximum atomic E-state index is 2.33. The van der Waals surface area contributed by atoms with Gasteiger partial charge in [0.25, 0.3) is 0 Å². The van der Waals surface area contributed by atoms with Gasteiger partial charge in [0.1, 0.15) is 0 Å². The van der Waals surface area contributed by atoms with Gasteiger partial charge in [0.05, 0.1) is 0 Å². The van der Waals surface area contributed by atoms with Crippen LogP contribution in [0.5, 0.6) is 0 Å². The lowest BCUT2D eigenvalue weighted by atomic mass is 9.86. The molecule has 0 fully saturated rings. The Balaban J connectivity index is 2.60. The molecule has 21 heavy (non-hydrogen) atoms. The molecule has 0 heteroatoms. The predicted molar refractivity (Wildman–Crippen MR) is 94.2 cm³/mol. The van der Waals surface area contributed by atoms with Crippen LogP contribution in [0.15, 0.2) is 24.3 Å². The normalized spacial score (nSPS) is 11.0. The number of aryl methyl sites for hydroxylation is 3. The van der Waals surface area contributed by atoms with Gasteiger partial charge in [-0.15, -0.1) is 0 Å². The van der Waals surface area contributed by atoms with Gasteiger partial charge in [0.2, 0.25) is 0 Å². The Morgan fingerprint density at radius 1 is 0.810 bits per heavy atom. The highest BCUT2D eigenvalue weighted by molar-refractivity contribution is 5.76. The van der Waals surface area contributed by atoms with Crippen molar-refractivity contribution in [1.82, 2.24) is 0 Å². The van der Waals surface area contributed by atoms with Crippen molar-refractivity contribution in [1.29, 1.82) is 0 Å². The van der Waals surface area contributed by atoms with Gasteiger partial charge in [-0.2, -0.15) is 0 Å². The van der Waals surface area contributed by atoms with Gasteiger partial charge in [-0.1, -0.05) is 37.6 Å². The smallest absolute Gasteiger partial charge is 0.0120 e. The van der Waals surface area contributed by atoms with Gasteiger partial charge in [-0.25, -0.2) is 0 Å². The summed E-state index contributed by atoms with van der Waals surface area (Å²) >= 11 is 0. The van der Waals surface area contributed by atoms with Crippen LogP contribution < -0.4 is 0 Å². The molecule has 0 aromatic heterocycles. The highest BCUT2D eigenvalue weighted by Gasteiger charge is 2.13. The minimum Gasteiger partial charge on any atom is -0.0654 e. The molecule has 0 aliphatic rings. The van der Waals surface area contributed by atoms with Gasteiger partial charge in [-0.3, -0.25) is 0 Å². The van der Waals surface area contributed by atoms with Crippen LogP contribution in [0.25, 0.3) is 11.1 Å². The van der Waals surface area contributed by atoms with E-state index in [0.29, 0.717) is 0 Å². The van der Waals surface area contributed by atoms with Crippen molar-refractivity contribution in [3.63, 3.8) is 0 Å². The molecular formula is C21H28. The van der Waals surface area contributed by atoms with Crippen molar-refractivity contribution in [2.75, 3.05) is 0 Å². The van der Waals surface area contributed by atoms with E-state index in [1.807, 2.05) is 0 Å². The zero-order valence-electron chi connectivity index (χ0n) is 14.4. The largest absolute Gasteiger partial charge is 0.0654 e. The minimum atomic E-state index is 1.19. The second-order valence-corrected chi connectivity index (χ2v) is 6.33. The number of hydrogen-bond donors (Lipinski definition) is 0. The standard InChI is InChI=1S/C21H28/c1-7-8-10-19-11-9-12-20(18(19)6)21-15(3)13-14(2)16(4)17(21)5/h9,11-13H,7-8,10H2,1-6H3. The number of rotatable bonds is 4. The van der Waals surface area contributed by atoms with Crippen molar-refractivity contribution >= 4 is 0 Å². The third-order valence-electron chi connectivity index (χ3n) is 4.87. The maximum Gasteiger partial charge on any atom is -0.0120 e. The summed E-state index contributed by atoms with van der Waals surface area (Å²) in [6.45, 7) is 13.5. The summed E-state index contributed by atoms with van der Waals surface area (Å²) in [5.41, 5.74) is 11.5. The van der Waals surface area contributed by atoms with Gasteiger partial charge >= 0.3 is 0 Å². The van der Waals surface area contributed by atoms with Crippen LogP contribution in [-0.2, 0) is 6.42 Å². The number of benzene rings is 2. The molecule has 0 N–H and O–H groups in total. The molecule has 0 saturated heterocycles. The fourth-order valence-electron chi connectivity index (χ4n) is 3.29. The molecule has 0 aliphatic heterocycles. The zero-order chi connectivity index (χ0) is 15.6. The van der Waals surface area contributed by atoms with Gasteiger partial charge in [0.15, 0.2) is 0 Å². The van der Waals surface area contributed by atoms with E-state index in [-0.39, 0.29) is 0 Å². The molecule has 0 saturated carbocycles. The first-order valence-corrected chi connectivity index (χ1v) is 8.13. The first kappa shape index (κ1) is 15.8. The van der Waals surface area contributed by atoms with E-state index in [1.165, 1.54) is 63.8 Å². The molecule has 0 spiro atoms. The molecule has 0 amide bonds. The van der Waals surface area contributed by atoms with E-state index in [1.54, 1.807) is 0 Å². The number of unbranched alkanes of at least 4 members (excludes halogenated alkanes) is 1. The molecule has 2 rings (SSSR count). The van der Waals surface area contributed by atoms with Crippen molar-refractivity contribution < 1.29 is 0 Å². The van der Waals surface area contributed by atoms with Crippen LogP contribution in [0.1, 0.15) is 53.1 Å². The van der Waals surface area contributed by atoms with Gasteiger partial charge in [0, 0.05) is 0 Å². The first-order chi connectivity index (χ1) is 9.97. The average Bonchev–Trinajstić information content (AvgIpc) is 2.45. The van der Waals surface area contributed by atoms with Crippen LogP contribution in [0.4, 0.5) is 0 Å². The topological polar surface area (TPSA) is 0 Å². The van der Waals surface area contributed by atoms with Gasteiger partial charge in [-0.05, 0) is 92.0 Å². The molecule has 0 unspecified atom stereocenters. The third-order valence-corrected chi connectivity index (χ3v) is 4.87. The average molecular weight is 280 g/mol. The molecule has 2 aromatic rings. The summed E-state index contributed by atoms with van der Waals surface area (Å²) in [6.07, 6.45) is 3.72. The van der Waals surface area contributed by atoms with E-state index in [2.05, 4.69) is 65.8 Å². The molecule has 0 nitrogen and oxygen atoms in total. The molecular weight excluding hydrogens is 252 g/mol. The highest BCUT2D eigenvalue weighted by atomic mass is 14.2. The third kappa shape index (κ3) is 3.05. The summed E-state index contributed by atoms with van der Waals surface area (Å²) in [4.78, 5) is 0. The summed E-state index contributed by atoms with van der Waals surface area (Å²) in [5, 5.41) is 0. The van der Waals surface area contributed by atoms with Gasteiger partial charge < -0.3 is 0 Å². The summed E-state index contributed by atoms with van der Waals surface area (Å²) in [7, 11) is 0. The Bertz CT molecular complexity index is 648. The number of hydrogen-bond acceptors (Lipinski definition) is 0. The van der Waals surface area contributed by atoms with Crippen LogP contribution in [0.2, 0.25) is 0 Å². The SMILES string of the molecule is CCCCc1cccc(-c2c(C)cc(C)c(C)c2C)c1C. The quantitative estimate of drug-likeness (QED) is 0.622. The monoisotopic (exact) mass is 280 g/mol. The van der Waals surface area contributed by atoms with Crippen molar-refractivity contribution in [3.8, 4) is 11.1 Å². The van der Waals surface area contributed by atoms with E-state index in [4.69, 9.17) is 0 Å². The van der Waals surface area contributed by atoms with E-state index >= 15 is 0 Å². The summed E-state index contributed by atoms with van der Waals surface area (Å²) in [5.74, 6) is 0. The molecule has 0 radical (unpaired) electrons.